The van der Waals surface area contributed by atoms with Gasteiger partial charge in [0.15, 0.2) is 5.60 Å². The summed E-state index contributed by atoms with van der Waals surface area (Å²) in [6.45, 7) is 12.8. The van der Waals surface area contributed by atoms with Crippen molar-refractivity contribution in [2.75, 3.05) is 38.2 Å². The predicted octanol–water partition coefficient (Wildman–Crippen LogP) is 4.94. The van der Waals surface area contributed by atoms with E-state index in [1.807, 2.05) is 89.2 Å². The lowest BCUT2D eigenvalue weighted by Gasteiger charge is -2.36. The first-order valence-corrected chi connectivity index (χ1v) is 16.0. The van der Waals surface area contributed by atoms with Crippen LogP contribution in [-0.2, 0) is 29.4 Å². The van der Waals surface area contributed by atoms with Gasteiger partial charge in [0.05, 0.1) is 24.8 Å². The van der Waals surface area contributed by atoms with Crippen LogP contribution in [0.1, 0.15) is 68.1 Å². The topological polar surface area (TPSA) is 159 Å². The minimum atomic E-state index is -1.09. The number of hydrogen-bond donors (Lipinski definition) is 3. The average molecular weight is 661 g/mol. The molecule has 12 heteroatoms. The highest BCUT2D eigenvalue weighted by Gasteiger charge is 2.53. The van der Waals surface area contributed by atoms with E-state index in [4.69, 9.17) is 19.9 Å². The van der Waals surface area contributed by atoms with Crippen molar-refractivity contribution in [2.24, 2.45) is 5.73 Å². The van der Waals surface area contributed by atoms with Crippen LogP contribution in [-0.4, -0.2) is 73.8 Å². The van der Waals surface area contributed by atoms with Crippen LogP contribution < -0.4 is 21.1 Å². The number of amides is 3. The monoisotopic (exact) mass is 660 g/mol. The lowest BCUT2D eigenvalue weighted by molar-refractivity contribution is -0.138. The summed E-state index contributed by atoms with van der Waals surface area (Å²) in [5, 5.41) is 5.89. The van der Waals surface area contributed by atoms with Gasteiger partial charge in [-0.15, -0.1) is 0 Å². The number of likely N-dealkylation sites (N-methyl/N-ethyl adjacent to an activating group) is 1. The molecule has 256 valence electrons. The van der Waals surface area contributed by atoms with Crippen molar-refractivity contribution >= 4 is 30.1 Å². The van der Waals surface area contributed by atoms with Crippen molar-refractivity contribution in [3.63, 3.8) is 0 Å². The zero-order chi connectivity index (χ0) is 34.9. The zero-order valence-corrected chi connectivity index (χ0v) is 28.0. The van der Waals surface area contributed by atoms with Crippen LogP contribution in [0.3, 0.4) is 0 Å². The Labute approximate surface area is 280 Å². The van der Waals surface area contributed by atoms with Crippen LogP contribution in [0, 0.1) is 0 Å². The van der Waals surface area contributed by atoms with E-state index in [9.17, 15) is 19.2 Å². The van der Waals surface area contributed by atoms with E-state index in [0.29, 0.717) is 55.5 Å². The molecule has 1 spiro atoms. The Bertz CT molecular complexity index is 1620. The molecule has 3 aromatic carbocycles. The predicted molar refractivity (Wildman–Crippen MR) is 180 cm³/mol. The number of hydrogen-bond acceptors (Lipinski definition) is 9. The SMILES string of the molecule is CC(C)(C)OC=O.CCNC(CC)C(N)=O.O=C1OC2(c3ccccc3Oc3cc(NC(=O)N4CCOCC4)ccc32)c2ccccc21. The van der Waals surface area contributed by atoms with Crippen molar-refractivity contribution in [3.8, 4) is 11.5 Å². The van der Waals surface area contributed by atoms with Gasteiger partial charge < -0.3 is 40.2 Å². The number of fused-ring (bicyclic) bond motifs is 6. The molecule has 1 saturated heterocycles. The Morgan fingerprint density at radius 1 is 0.979 bits per heavy atom. The number of nitrogens with one attached hydrogen (secondary N) is 2. The van der Waals surface area contributed by atoms with Crippen LogP contribution in [0.15, 0.2) is 66.7 Å². The fraction of sp³-hybridized carbons (Fsp3) is 0.389. The molecule has 0 aromatic heterocycles. The Morgan fingerprint density at radius 2 is 1.62 bits per heavy atom. The van der Waals surface area contributed by atoms with E-state index >= 15 is 0 Å². The number of anilines is 1. The van der Waals surface area contributed by atoms with Crippen molar-refractivity contribution in [1.29, 1.82) is 0 Å². The number of rotatable bonds is 6. The molecule has 2 unspecified atom stereocenters. The summed E-state index contributed by atoms with van der Waals surface area (Å²) in [4.78, 5) is 47.2. The number of urea groups is 1. The Balaban J connectivity index is 0.000000272. The molecule has 0 bridgehead atoms. The standard InChI is InChI=1S/C25H20N2O5.C6H14N2O.C5H10O2/c28-23-17-5-1-2-6-18(17)25(32-23)19-7-3-4-8-21(19)31-22-15-16(9-10-20(22)25)26-24(29)27-11-13-30-14-12-27;1-3-5(6(7)9)8-4-2;1-5(2,3)7-4-6/h1-10,15H,11-14H2,(H,26,29);5,8H,3-4H2,1-2H3,(H2,7,9);4H,1-3H3. The number of carbonyl (C=O) groups is 4. The quantitative estimate of drug-likeness (QED) is 0.246. The summed E-state index contributed by atoms with van der Waals surface area (Å²) in [5.74, 6) is 0.515. The molecule has 0 radical (unpaired) electrons. The molecule has 0 saturated carbocycles. The Hall–Kier alpha value is -4.94. The van der Waals surface area contributed by atoms with Crippen LogP contribution in [0.2, 0.25) is 0 Å². The van der Waals surface area contributed by atoms with Gasteiger partial charge in [0, 0.05) is 41.5 Å². The molecule has 4 N–H and O–H groups in total. The second-order valence-electron chi connectivity index (χ2n) is 12.2. The van der Waals surface area contributed by atoms with Gasteiger partial charge in [-0.2, -0.15) is 0 Å². The number of ether oxygens (including phenoxy) is 4. The second-order valence-corrected chi connectivity index (χ2v) is 12.2. The number of morpholine rings is 1. The zero-order valence-electron chi connectivity index (χ0n) is 28.0. The number of nitrogens with zero attached hydrogens (tertiary/aromatic N) is 1. The van der Waals surface area contributed by atoms with Gasteiger partial charge in [-0.1, -0.05) is 50.2 Å². The number of carbonyl (C=O) groups excluding carboxylic acids is 4. The smallest absolute Gasteiger partial charge is 0.340 e. The summed E-state index contributed by atoms with van der Waals surface area (Å²) in [7, 11) is 0. The van der Waals surface area contributed by atoms with Gasteiger partial charge in [-0.05, 0) is 58.0 Å². The number of nitrogens with two attached hydrogens (primary N) is 1. The van der Waals surface area contributed by atoms with E-state index in [0.717, 1.165) is 29.7 Å². The van der Waals surface area contributed by atoms with Crippen LogP contribution in [0.4, 0.5) is 10.5 Å². The molecule has 3 aliphatic rings. The van der Waals surface area contributed by atoms with Crippen molar-refractivity contribution in [3.05, 3.63) is 89.0 Å². The Morgan fingerprint density at radius 3 is 2.21 bits per heavy atom. The lowest BCUT2D eigenvalue weighted by atomic mass is 9.77. The summed E-state index contributed by atoms with van der Waals surface area (Å²) < 4.78 is 22.2. The molecule has 1 fully saturated rings. The third kappa shape index (κ3) is 8.12. The molecule has 2 atom stereocenters. The number of para-hydroxylation sites is 1. The van der Waals surface area contributed by atoms with Crippen molar-refractivity contribution < 1.29 is 38.1 Å². The van der Waals surface area contributed by atoms with Crippen LogP contribution in [0.5, 0.6) is 11.5 Å². The normalized spacial score (nSPS) is 17.8. The fourth-order valence-electron chi connectivity index (χ4n) is 5.51. The minimum absolute atomic E-state index is 0.144. The second kappa shape index (κ2) is 15.8. The molecular formula is C36H44N4O8. The molecule has 48 heavy (non-hydrogen) atoms. The summed E-state index contributed by atoms with van der Waals surface area (Å²) in [5.41, 5.74) is 7.05. The van der Waals surface area contributed by atoms with E-state index in [2.05, 4.69) is 15.4 Å². The molecule has 3 amide bonds. The summed E-state index contributed by atoms with van der Waals surface area (Å²) in [6.07, 6.45) is 0.767. The molecule has 6 rings (SSSR count). The van der Waals surface area contributed by atoms with E-state index in [-0.39, 0.29) is 29.6 Å². The molecule has 3 aromatic rings. The first-order chi connectivity index (χ1) is 22.9. The molecular weight excluding hydrogens is 616 g/mol. The first kappa shape index (κ1) is 35.9. The van der Waals surface area contributed by atoms with E-state index in [1.165, 1.54) is 0 Å². The van der Waals surface area contributed by atoms with Gasteiger partial charge >= 0.3 is 12.0 Å². The van der Waals surface area contributed by atoms with Gasteiger partial charge in [0.1, 0.15) is 17.1 Å². The van der Waals surface area contributed by atoms with Crippen molar-refractivity contribution in [1.82, 2.24) is 10.2 Å². The third-order valence-electron chi connectivity index (χ3n) is 7.77. The lowest BCUT2D eigenvalue weighted by Crippen LogP contribution is -2.43. The molecule has 3 heterocycles. The maximum Gasteiger partial charge on any atom is 0.340 e. The van der Waals surface area contributed by atoms with Crippen molar-refractivity contribution in [2.45, 2.75) is 58.3 Å². The summed E-state index contributed by atoms with van der Waals surface area (Å²) in [6, 6.07) is 20.1. The van der Waals surface area contributed by atoms with Gasteiger partial charge in [0.25, 0.3) is 6.47 Å². The van der Waals surface area contributed by atoms with Crippen LogP contribution >= 0.6 is 0 Å². The highest BCUT2D eigenvalue weighted by molar-refractivity contribution is 5.97. The number of esters is 1. The highest BCUT2D eigenvalue weighted by atomic mass is 16.6. The number of benzene rings is 3. The van der Waals surface area contributed by atoms with Gasteiger partial charge in [-0.25, -0.2) is 9.59 Å². The summed E-state index contributed by atoms with van der Waals surface area (Å²) >= 11 is 0. The van der Waals surface area contributed by atoms with Crippen LogP contribution in [0.25, 0.3) is 0 Å². The Kier molecular flexibility index (Phi) is 11.8. The number of primary amides is 1. The van der Waals surface area contributed by atoms with E-state index in [1.54, 1.807) is 17.0 Å². The van der Waals surface area contributed by atoms with Gasteiger partial charge in [-0.3, -0.25) is 9.59 Å². The third-order valence-corrected chi connectivity index (χ3v) is 7.77. The largest absolute Gasteiger partial charge is 0.462 e. The molecule has 3 aliphatic heterocycles. The maximum absolute atomic E-state index is 12.8. The minimum Gasteiger partial charge on any atom is -0.462 e. The van der Waals surface area contributed by atoms with Gasteiger partial charge in [0.2, 0.25) is 5.91 Å². The van der Waals surface area contributed by atoms with E-state index < -0.39 is 5.60 Å². The fourth-order valence-corrected chi connectivity index (χ4v) is 5.51. The highest BCUT2D eigenvalue weighted by Crippen LogP contribution is 2.56. The maximum atomic E-state index is 12.8. The average Bonchev–Trinajstić information content (AvgIpc) is 3.36. The molecule has 0 aliphatic carbocycles. The molecule has 12 nitrogen and oxygen atoms in total. The first-order valence-electron chi connectivity index (χ1n) is 16.0.